The molecule has 4 heteroatoms. The predicted octanol–water partition coefficient (Wildman–Crippen LogP) is 3.52. The van der Waals surface area contributed by atoms with E-state index in [1.807, 2.05) is 6.07 Å². The molecule has 3 nitrogen and oxygen atoms in total. The zero-order valence-electron chi connectivity index (χ0n) is 14.2. The van der Waals surface area contributed by atoms with Crippen LogP contribution in [0.3, 0.4) is 0 Å². The van der Waals surface area contributed by atoms with Crippen molar-refractivity contribution in [2.75, 3.05) is 26.3 Å². The van der Waals surface area contributed by atoms with Gasteiger partial charge in [0, 0.05) is 26.3 Å². The zero-order valence-corrected chi connectivity index (χ0v) is 14.2. The number of carbonyl (C=O) groups excluding carboxylic acids is 1. The average Bonchev–Trinajstić information content (AvgIpc) is 3.06. The molecule has 2 aliphatic heterocycles. The van der Waals surface area contributed by atoms with Gasteiger partial charge in [0.2, 0.25) is 5.91 Å². The highest BCUT2D eigenvalue weighted by Crippen LogP contribution is 2.41. The highest BCUT2D eigenvalue weighted by atomic mass is 19.1. The van der Waals surface area contributed by atoms with Gasteiger partial charge in [-0.15, -0.1) is 0 Å². The number of amides is 1. The van der Waals surface area contributed by atoms with E-state index in [1.54, 1.807) is 12.1 Å². The lowest BCUT2D eigenvalue weighted by Crippen LogP contribution is -2.49. The van der Waals surface area contributed by atoms with Crippen molar-refractivity contribution in [3.63, 3.8) is 0 Å². The Kier molecular flexibility index (Phi) is 4.33. The number of hydrogen-bond acceptors (Lipinski definition) is 2. The third kappa shape index (κ3) is 2.75. The molecule has 3 fully saturated rings. The van der Waals surface area contributed by atoms with Gasteiger partial charge in [-0.2, -0.15) is 0 Å². The summed E-state index contributed by atoms with van der Waals surface area (Å²) in [6.45, 7) is 2.93. The molecular weight excluding hydrogens is 305 g/mol. The number of nitrogens with zero attached hydrogens (tertiary/aromatic N) is 1. The van der Waals surface area contributed by atoms with E-state index >= 15 is 0 Å². The van der Waals surface area contributed by atoms with E-state index in [0.717, 1.165) is 18.7 Å². The number of likely N-dealkylation sites (tertiary alicyclic amines) is 1. The average molecular weight is 331 g/mol. The van der Waals surface area contributed by atoms with Crippen LogP contribution in [0.5, 0.6) is 0 Å². The van der Waals surface area contributed by atoms with Crippen LogP contribution in [0, 0.1) is 17.7 Å². The lowest BCUT2D eigenvalue weighted by Gasteiger charge is -2.39. The van der Waals surface area contributed by atoms with Crippen LogP contribution in [0.25, 0.3) is 0 Å². The standard InChI is InChI=1S/C20H26FNO2/c21-18-7-3-6-17(12-18)20(8-10-24-11-9-20)19(23)22-13-15-4-1-2-5-16(15)14-22/h3,6-7,12,15-16H,1-2,4-5,8-11,13-14H2/t15-,16-/m0/s1. The zero-order chi connectivity index (χ0) is 16.6. The van der Waals surface area contributed by atoms with Gasteiger partial charge in [-0.05, 0) is 55.2 Å². The van der Waals surface area contributed by atoms with Crippen molar-refractivity contribution in [1.82, 2.24) is 4.90 Å². The monoisotopic (exact) mass is 331 g/mol. The van der Waals surface area contributed by atoms with Crippen molar-refractivity contribution < 1.29 is 13.9 Å². The Balaban J connectivity index is 1.63. The van der Waals surface area contributed by atoms with Gasteiger partial charge in [0.1, 0.15) is 5.82 Å². The number of ether oxygens (including phenoxy) is 1. The summed E-state index contributed by atoms with van der Waals surface area (Å²) in [7, 11) is 0. The van der Waals surface area contributed by atoms with Gasteiger partial charge in [0.25, 0.3) is 0 Å². The van der Waals surface area contributed by atoms with E-state index in [1.165, 1.54) is 31.7 Å². The topological polar surface area (TPSA) is 29.5 Å². The van der Waals surface area contributed by atoms with E-state index in [4.69, 9.17) is 4.74 Å². The van der Waals surface area contributed by atoms with Crippen molar-refractivity contribution in [3.8, 4) is 0 Å². The third-order valence-corrected chi connectivity index (χ3v) is 6.40. The summed E-state index contributed by atoms with van der Waals surface area (Å²) in [5, 5.41) is 0. The number of rotatable bonds is 2. The quantitative estimate of drug-likeness (QED) is 0.830. The summed E-state index contributed by atoms with van der Waals surface area (Å²) in [6, 6.07) is 6.63. The van der Waals surface area contributed by atoms with E-state index in [0.29, 0.717) is 37.9 Å². The number of benzene rings is 1. The first-order chi connectivity index (χ1) is 11.7. The SMILES string of the molecule is O=C(N1C[C@@H]2CCCC[C@H]2C1)C1(c2cccc(F)c2)CCOCC1. The van der Waals surface area contributed by atoms with Crippen molar-refractivity contribution in [2.45, 2.75) is 43.9 Å². The van der Waals surface area contributed by atoms with Crippen LogP contribution < -0.4 is 0 Å². The van der Waals surface area contributed by atoms with Crippen LogP contribution in [0.1, 0.15) is 44.1 Å². The van der Waals surface area contributed by atoms with Gasteiger partial charge >= 0.3 is 0 Å². The second-order valence-corrected chi connectivity index (χ2v) is 7.72. The van der Waals surface area contributed by atoms with Crippen molar-refractivity contribution in [3.05, 3.63) is 35.6 Å². The summed E-state index contributed by atoms with van der Waals surface area (Å²) < 4.78 is 19.3. The Bertz CT molecular complexity index is 597. The largest absolute Gasteiger partial charge is 0.381 e. The summed E-state index contributed by atoms with van der Waals surface area (Å²) in [5.41, 5.74) is 0.221. The van der Waals surface area contributed by atoms with Gasteiger partial charge < -0.3 is 9.64 Å². The van der Waals surface area contributed by atoms with Gasteiger partial charge in [-0.25, -0.2) is 4.39 Å². The maximum absolute atomic E-state index is 13.8. The molecule has 0 bridgehead atoms. The van der Waals surface area contributed by atoms with Crippen LogP contribution in [-0.2, 0) is 14.9 Å². The van der Waals surface area contributed by atoms with Crippen LogP contribution in [0.15, 0.2) is 24.3 Å². The Morgan fingerprint density at radius 2 is 1.79 bits per heavy atom. The molecule has 4 rings (SSSR count). The van der Waals surface area contributed by atoms with Gasteiger partial charge in [0.05, 0.1) is 5.41 Å². The summed E-state index contributed by atoms with van der Waals surface area (Å²) in [5.74, 6) is 1.28. The minimum absolute atomic E-state index is 0.200. The van der Waals surface area contributed by atoms with Gasteiger partial charge in [0.15, 0.2) is 0 Å². The van der Waals surface area contributed by atoms with E-state index in [2.05, 4.69) is 4.90 Å². The van der Waals surface area contributed by atoms with E-state index in [9.17, 15) is 9.18 Å². The molecule has 2 saturated heterocycles. The normalized spacial score (nSPS) is 29.3. The number of halogens is 1. The van der Waals surface area contributed by atoms with Gasteiger partial charge in [-0.3, -0.25) is 4.79 Å². The first kappa shape index (κ1) is 16.1. The second-order valence-electron chi connectivity index (χ2n) is 7.72. The molecule has 0 spiro atoms. The highest BCUT2D eigenvalue weighted by Gasteiger charge is 2.47. The van der Waals surface area contributed by atoms with Crippen LogP contribution in [-0.4, -0.2) is 37.1 Å². The fourth-order valence-electron chi connectivity index (χ4n) is 5.01. The number of carbonyl (C=O) groups is 1. The molecule has 2 heterocycles. The number of hydrogen-bond donors (Lipinski definition) is 0. The molecule has 0 radical (unpaired) electrons. The number of fused-ring (bicyclic) bond motifs is 1. The molecule has 0 N–H and O–H groups in total. The summed E-state index contributed by atoms with van der Waals surface area (Å²) >= 11 is 0. The highest BCUT2D eigenvalue weighted by molar-refractivity contribution is 5.88. The van der Waals surface area contributed by atoms with Crippen LogP contribution >= 0.6 is 0 Å². The smallest absolute Gasteiger partial charge is 0.233 e. The summed E-state index contributed by atoms with van der Waals surface area (Å²) in [4.78, 5) is 15.6. The molecular formula is C20H26FNO2. The van der Waals surface area contributed by atoms with E-state index < -0.39 is 5.41 Å². The van der Waals surface area contributed by atoms with Crippen molar-refractivity contribution >= 4 is 5.91 Å². The molecule has 1 aliphatic carbocycles. The van der Waals surface area contributed by atoms with Gasteiger partial charge in [-0.1, -0.05) is 25.0 Å². The Morgan fingerprint density at radius 1 is 1.12 bits per heavy atom. The first-order valence-electron chi connectivity index (χ1n) is 9.32. The maximum atomic E-state index is 13.8. The lowest BCUT2D eigenvalue weighted by molar-refractivity contribution is -0.140. The molecule has 1 aromatic rings. The molecule has 1 aromatic carbocycles. The molecule has 24 heavy (non-hydrogen) atoms. The Morgan fingerprint density at radius 3 is 2.42 bits per heavy atom. The molecule has 0 unspecified atom stereocenters. The minimum Gasteiger partial charge on any atom is -0.381 e. The maximum Gasteiger partial charge on any atom is 0.233 e. The minimum atomic E-state index is -0.603. The molecule has 1 saturated carbocycles. The van der Waals surface area contributed by atoms with E-state index in [-0.39, 0.29) is 11.7 Å². The molecule has 2 atom stereocenters. The third-order valence-electron chi connectivity index (χ3n) is 6.40. The van der Waals surface area contributed by atoms with Crippen LogP contribution in [0.4, 0.5) is 4.39 Å². The molecule has 3 aliphatic rings. The summed E-state index contributed by atoms with van der Waals surface area (Å²) in [6.07, 6.45) is 6.41. The molecule has 0 aromatic heterocycles. The molecule has 130 valence electrons. The predicted molar refractivity (Wildman–Crippen MR) is 90.2 cm³/mol. The van der Waals surface area contributed by atoms with Crippen molar-refractivity contribution in [1.29, 1.82) is 0 Å². The first-order valence-corrected chi connectivity index (χ1v) is 9.32. The fourth-order valence-corrected chi connectivity index (χ4v) is 5.01. The lowest BCUT2D eigenvalue weighted by atomic mass is 9.73. The Labute approximate surface area is 143 Å². The van der Waals surface area contributed by atoms with Crippen molar-refractivity contribution in [2.24, 2.45) is 11.8 Å². The Hall–Kier alpha value is -1.42. The molecule has 1 amide bonds. The van der Waals surface area contributed by atoms with Crippen LogP contribution in [0.2, 0.25) is 0 Å². The second kappa shape index (κ2) is 6.47. The fraction of sp³-hybridized carbons (Fsp3) is 0.650.